The summed E-state index contributed by atoms with van der Waals surface area (Å²) in [5.41, 5.74) is 1.69. The van der Waals surface area contributed by atoms with Crippen molar-refractivity contribution < 1.29 is 41.3 Å². The number of allylic oxidation sites excluding steroid dienone is 1. The Labute approximate surface area is 198 Å². The Morgan fingerprint density at radius 3 is 1.97 bits per heavy atom. The highest BCUT2D eigenvalue weighted by atomic mass is 19.4. The van der Waals surface area contributed by atoms with Crippen molar-refractivity contribution >= 4 is 17.2 Å². The van der Waals surface area contributed by atoms with Crippen molar-refractivity contribution in [1.82, 2.24) is 0 Å². The molecule has 0 amide bonds. The molecule has 0 aromatic heterocycles. The van der Waals surface area contributed by atoms with E-state index in [2.05, 4.69) is 10.1 Å². The van der Waals surface area contributed by atoms with Gasteiger partial charge in [-0.25, -0.2) is 9.18 Å². The second-order valence-electron chi connectivity index (χ2n) is 7.11. The summed E-state index contributed by atoms with van der Waals surface area (Å²) in [5, 5.41) is 3.04. The number of hydrogen-bond acceptors (Lipinski definition) is 6. The quantitative estimate of drug-likeness (QED) is 0.219. The lowest BCUT2D eigenvalue weighted by Crippen LogP contribution is -2.16. The van der Waals surface area contributed by atoms with Gasteiger partial charge in [-0.3, -0.25) is 0 Å². The fraction of sp³-hybridized carbons (Fsp3) is 0.160. The first-order valence-corrected chi connectivity index (χ1v) is 10.1. The third-order valence-electron chi connectivity index (χ3n) is 4.68. The molecule has 35 heavy (non-hydrogen) atoms. The number of ether oxygens (including phenoxy) is 4. The highest BCUT2D eigenvalue weighted by Crippen LogP contribution is 2.30. The molecule has 1 N–H and O–H groups in total. The molecule has 0 unspecified atom stereocenters. The second kappa shape index (κ2) is 10.8. The average Bonchev–Trinajstić information content (AvgIpc) is 2.81. The van der Waals surface area contributed by atoms with Crippen molar-refractivity contribution in [2.24, 2.45) is 0 Å². The van der Waals surface area contributed by atoms with E-state index in [4.69, 9.17) is 14.2 Å². The van der Waals surface area contributed by atoms with Crippen molar-refractivity contribution in [3.63, 3.8) is 0 Å². The van der Waals surface area contributed by atoms with E-state index in [1.165, 1.54) is 44.6 Å². The fourth-order valence-electron chi connectivity index (χ4n) is 3.14. The maximum Gasteiger partial charge on any atom is 0.573 e. The van der Waals surface area contributed by atoms with Gasteiger partial charge in [-0.1, -0.05) is 12.1 Å². The number of esters is 1. The van der Waals surface area contributed by atoms with Crippen LogP contribution in [0.25, 0.3) is 5.57 Å². The summed E-state index contributed by atoms with van der Waals surface area (Å²) in [6.45, 7) is 1.66. The molecule has 3 aromatic rings. The number of anilines is 1. The van der Waals surface area contributed by atoms with Gasteiger partial charge in [-0.15, -0.1) is 13.2 Å². The Bertz CT molecular complexity index is 1210. The van der Waals surface area contributed by atoms with Crippen LogP contribution in [0, 0.1) is 5.82 Å². The maximum atomic E-state index is 13.7. The molecule has 0 bridgehead atoms. The van der Waals surface area contributed by atoms with Crippen LogP contribution in [0.1, 0.15) is 12.5 Å². The molecular formula is C25H21F4NO5. The summed E-state index contributed by atoms with van der Waals surface area (Å²) >= 11 is 0. The van der Waals surface area contributed by atoms with Gasteiger partial charge in [0.25, 0.3) is 0 Å². The van der Waals surface area contributed by atoms with E-state index in [9.17, 15) is 22.4 Å². The van der Waals surface area contributed by atoms with Crippen molar-refractivity contribution in [1.29, 1.82) is 0 Å². The van der Waals surface area contributed by atoms with Crippen LogP contribution < -0.4 is 19.5 Å². The molecule has 0 aliphatic rings. The summed E-state index contributed by atoms with van der Waals surface area (Å²) < 4.78 is 69.9. The topological polar surface area (TPSA) is 66.0 Å². The lowest BCUT2D eigenvalue weighted by Gasteiger charge is -2.15. The zero-order chi connectivity index (χ0) is 25.6. The van der Waals surface area contributed by atoms with E-state index in [0.29, 0.717) is 28.4 Å². The number of benzene rings is 3. The third-order valence-corrected chi connectivity index (χ3v) is 4.68. The van der Waals surface area contributed by atoms with E-state index in [1.807, 2.05) is 0 Å². The summed E-state index contributed by atoms with van der Waals surface area (Å²) in [5.74, 6) is -0.767. The number of nitrogens with one attached hydrogen (secondary N) is 1. The highest BCUT2D eigenvalue weighted by Gasteiger charge is 2.31. The third kappa shape index (κ3) is 6.89. The Morgan fingerprint density at radius 2 is 1.43 bits per heavy atom. The number of methoxy groups -OCH3 is 2. The molecule has 0 spiro atoms. The van der Waals surface area contributed by atoms with Crippen molar-refractivity contribution in [3.8, 4) is 23.0 Å². The van der Waals surface area contributed by atoms with Gasteiger partial charge in [0.15, 0.2) is 11.6 Å². The SMILES string of the molecule is COC(=O)C(=C(C)Nc1ccc(F)c(OC)c1)c1ccc(Oc2ccc(OC(F)(F)F)cc2)cc1. The van der Waals surface area contributed by atoms with Crippen LogP contribution in [0.3, 0.4) is 0 Å². The molecule has 6 nitrogen and oxygen atoms in total. The second-order valence-corrected chi connectivity index (χ2v) is 7.11. The van der Waals surface area contributed by atoms with Crippen LogP contribution in [0.5, 0.6) is 23.0 Å². The smallest absolute Gasteiger partial charge is 0.494 e. The number of hydrogen-bond donors (Lipinski definition) is 1. The number of alkyl halides is 3. The predicted molar refractivity (Wildman–Crippen MR) is 121 cm³/mol. The van der Waals surface area contributed by atoms with Crippen LogP contribution in [-0.4, -0.2) is 26.6 Å². The summed E-state index contributed by atoms with van der Waals surface area (Å²) in [7, 11) is 2.60. The van der Waals surface area contributed by atoms with Crippen LogP contribution in [0.4, 0.5) is 23.2 Å². The molecule has 0 aliphatic heterocycles. The molecule has 184 valence electrons. The van der Waals surface area contributed by atoms with E-state index in [0.717, 1.165) is 12.1 Å². The van der Waals surface area contributed by atoms with Crippen molar-refractivity contribution in [2.45, 2.75) is 13.3 Å². The van der Waals surface area contributed by atoms with Gasteiger partial charge < -0.3 is 24.3 Å². The molecule has 0 saturated heterocycles. The zero-order valence-electron chi connectivity index (χ0n) is 18.9. The summed E-state index contributed by atoms with van der Waals surface area (Å²) in [6.07, 6.45) is -4.78. The van der Waals surface area contributed by atoms with Crippen molar-refractivity contribution in [3.05, 3.63) is 83.8 Å². The summed E-state index contributed by atoms with van der Waals surface area (Å²) in [4.78, 5) is 12.5. The van der Waals surface area contributed by atoms with Gasteiger partial charge in [0.1, 0.15) is 17.2 Å². The zero-order valence-corrected chi connectivity index (χ0v) is 18.9. The van der Waals surface area contributed by atoms with E-state index in [1.54, 1.807) is 31.2 Å². The van der Waals surface area contributed by atoms with E-state index in [-0.39, 0.29) is 17.1 Å². The largest absolute Gasteiger partial charge is 0.573 e. The van der Waals surface area contributed by atoms with E-state index >= 15 is 0 Å². The first-order valence-electron chi connectivity index (χ1n) is 10.1. The molecule has 0 aliphatic carbocycles. The van der Waals surface area contributed by atoms with Gasteiger partial charge in [0.05, 0.1) is 19.8 Å². The van der Waals surface area contributed by atoms with Gasteiger partial charge in [-0.05, 0) is 61.0 Å². The van der Waals surface area contributed by atoms with Gasteiger partial charge in [0.2, 0.25) is 0 Å². The average molecular weight is 491 g/mol. The summed E-state index contributed by atoms with van der Waals surface area (Å²) in [6, 6.07) is 15.6. The molecule has 3 rings (SSSR count). The Balaban J connectivity index is 1.80. The number of halogens is 4. The Morgan fingerprint density at radius 1 is 0.857 bits per heavy atom. The minimum atomic E-state index is -4.78. The Hall–Kier alpha value is -4.21. The molecular weight excluding hydrogens is 470 g/mol. The van der Waals surface area contributed by atoms with Gasteiger partial charge >= 0.3 is 12.3 Å². The predicted octanol–water partition coefficient (Wildman–Crippen LogP) is 6.54. The normalized spacial score (nSPS) is 11.9. The van der Waals surface area contributed by atoms with Crippen molar-refractivity contribution in [2.75, 3.05) is 19.5 Å². The van der Waals surface area contributed by atoms with E-state index < -0.39 is 18.1 Å². The molecule has 0 heterocycles. The van der Waals surface area contributed by atoms with Crippen LogP contribution in [0.2, 0.25) is 0 Å². The fourth-order valence-corrected chi connectivity index (χ4v) is 3.14. The minimum Gasteiger partial charge on any atom is -0.494 e. The molecule has 0 atom stereocenters. The van der Waals surface area contributed by atoms with Crippen LogP contribution in [-0.2, 0) is 9.53 Å². The first-order chi connectivity index (χ1) is 16.6. The minimum absolute atomic E-state index is 0.0434. The number of rotatable bonds is 8. The molecule has 0 saturated carbocycles. The number of carbonyl (C=O) groups is 1. The first kappa shape index (κ1) is 25.4. The van der Waals surface area contributed by atoms with Gasteiger partial charge in [-0.2, -0.15) is 0 Å². The number of carbonyl (C=O) groups excluding carboxylic acids is 1. The molecule has 10 heteroatoms. The van der Waals surface area contributed by atoms with Gasteiger partial charge in [0, 0.05) is 17.5 Å². The standard InChI is InChI=1S/C25H21F4NO5/c1-15(30-17-6-13-21(26)22(14-17)32-2)23(24(31)33-3)16-4-7-18(8-5-16)34-19-9-11-20(12-10-19)35-25(27,28)29/h4-14,30H,1-3H3. The lowest BCUT2D eigenvalue weighted by atomic mass is 10.0. The van der Waals surface area contributed by atoms with Crippen LogP contribution in [0.15, 0.2) is 72.4 Å². The molecule has 0 radical (unpaired) electrons. The Kier molecular flexibility index (Phi) is 7.85. The monoisotopic (exact) mass is 491 g/mol. The molecule has 3 aromatic carbocycles. The molecule has 0 fully saturated rings. The van der Waals surface area contributed by atoms with Crippen LogP contribution >= 0.6 is 0 Å². The lowest BCUT2D eigenvalue weighted by molar-refractivity contribution is -0.274. The highest BCUT2D eigenvalue weighted by molar-refractivity contribution is 6.17. The maximum absolute atomic E-state index is 13.7.